The van der Waals surface area contributed by atoms with Gasteiger partial charge in [-0.2, -0.15) is 0 Å². The normalized spacial score (nSPS) is 11.2. The first-order valence-electron chi connectivity index (χ1n) is 6.24. The van der Waals surface area contributed by atoms with Crippen molar-refractivity contribution in [1.29, 1.82) is 0 Å². The van der Waals surface area contributed by atoms with Crippen LogP contribution < -0.4 is 0 Å². The molecule has 2 aromatic rings. The van der Waals surface area contributed by atoms with E-state index in [1.54, 1.807) is 30.5 Å². The SMILES string of the molecule is CCOC(=O)/C(=C\c1ccccc1)C(=O)c1cccs1. The van der Waals surface area contributed by atoms with Gasteiger partial charge in [0.15, 0.2) is 0 Å². The lowest BCUT2D eigenvalue weighted by molar-refractivity contribution is -0.137. The predicted molar refractivity (Wildman–Crippen MR) is 79.7 cm³/mol. The van der Waals surface area contributed by atoms with Crippen molar-refractivity contribution in [2.24, 2.45) is 0 Å². The number of ether oxygens (including phenoxy) is 1. The average molecular weight is 286 g/mol. The van der Waals surface area contributed by atoms with Crippen molar-refractivity contribution in [3.05, 3.63) is 63.9 Å². The van der Waals surface area contributed by atoms with Crippen molar-refractivity contribution < 1.29 is 14.3 Å². The maximum absolute atomic E-state index is 12.4. The highest BCUT2D eigenvalue weighted by molar-refractivity contribution is 7.12. The van der Waals surface area contributed by atoms with Crippen molar-refractivity contribution >= 4 is 29.2 Å². The molecule has 4 heteroatoms. The van der Waals surface area contributed by atoms with Gasteiger partial charge in [-0.3, -0.25) is 4.79 Å². The van der Waals surface area contributed by atoms with Gasteiger partial charge in [-0.05, 0) is 30.0 Å². The Morgan fingerprint density at radius 1 is 1.15 bits per heavy atom. The Balaban J connectivity index is 2.37. The van der Waals surface area contributed by atoms with E-state index >= 15 is 0 Å². The topological polar surface area (TPSA) is 43.4 Å². The number of esters is 1. The van der Waals surface area contributed by atoms with Gasteiger partial charge in [-0.25, -0.2) is 4.79 Å². The fourth-order valence-electron chi connectivity index (χ4n) is 1.68. The predicted octanol–water partition coefficient (Wildman–Crippen LogP) is 3.58. The van der Waals surface area contributed by atoms with Gasteiger partial charge in [0.2, 0.25) is 5.78 Å². The molecule has 0 aliphatic heterocycles. The van der Waals surface area contributed by atoms with Crippen LogP contribution in [-0.4, -0.2) is 18.4 Å². The second-order valence-corrected chi connectivity index (χ2v) is 4.94. The van der Waals surface area contributed by atoms with E-state index in [1.807, 2.05) is 30.3 Å². The molecule has 102 valence electrons. The third kappa shape index (κ3) is 3.42. The van der Waals surface area contributed by atoms with Crippen molar-refractivity contribution in [3.63, 3.8) is 0 Å². The van der Waals surface area contributed by atoms with Gasteiger partial charge >= 0.3 is 5.97 Å². The molecule has 0 radical (unpaired) electrons. The number of carbonyl (C=O) groups excluding carboxylic acids is 2. The third-order valence-electron chi connectivity index (χ3n) is 2.60. The molecule has 3 nitrogen and oxygen atoms in total. The second kappa shape index (κ2) is 6.82. The van der Waals surface area contributed by atoms with Crippen LogP contribution in [-0.2, 0) is 9.53 Å². The highest BCUT2D eigenvalue weighted by Gasteiger charge is 2.21. The molecular weight excluding hydrogens is 272 g/mol. The van der Waals surface area contributed by atoms with Crippen LogP contribution in [0.4, 0.5) is 0 Å². The molecule has 0 fully saturated rings. The van der Waals surface area contributed by atoms with E-state index < -0.39 is 5.97 Å². The van der Waals surface area contributed by atoms with Crippen molar-refractivity contribution in [2.75, 3.05) is 6.61 Å². The summed E-state index contributed by atoms with van der Waals surface area (Å²) >= 11 is 1.31. The van der Waals surface area contributed by atoms with Gasteiger partial charge in [-0.15, -0.1) is 11.3 Å². The largest absolute Gasteiger partial charge is 0.462 e. The Kier molecular flexibility index (Phi) is 4.85. The number of Topliss-reactive ketones (excluding diaryl/α,β-unsaturated/α-hetero) is 1. The van der Waals surface area contributed by atoms with Gasteiger partial charge in [-0.1, -0.05) is 36.4 Å². The second-order valence-electron chi connectivity index (χ2n) is 4.00. The van der Waals surface area contributed by atoms with E-state index in [0.717, 1.165) is 5.56 Å². The molecular formula is C16H14O3S. The third-order valence-corrected chi connectivity index (χ3v) is 3.46. The number of thiophene rings is 1. The summed E-state index contributed by atoms with van der Waals surface area (Å²) in [5.74, 6) is -0.892. The number of hydrogen-bond acceptors (Lipinski definition) is 4. The molecule has 0 spiro atoms. The maximum atomic E-state index is 12.4. The van der Waals surface area contributed by atoms with Crippen LogP contribution in [0.15, 0.2) is 53.4 Å². The molecule has 1 heterocycles. The lowest BCUT2D eigenvalue weighted by Gasteiger charge is -2.05. The minimum absolute atomic E-state index is 0.0560. The number of rotatable bonds is 5. The summed E-state index contributed by atoms with van der Waals surface area (Å²) in [5, 5.41) is 1.80. The fourth-order valence-corrected chi connectivity index (χ4v) is 2.36. The van der Waals surface area contributed by atoms with E-state index in [-0.39, 0.29) is 18.0 Å². The minimum Gasteiger partial charge on any atom is -0.462 e. The van der Waals surface area contributed by atoms with Crippen molar-refractivity contribution in [2.45, 2.75) is 6.92 Å². The first-order chi connectivity index (χ1) is 9.72. The van der Waals surface area contributed by atoms with E-state index in [2.05, 4.69) is 0 Å². The van der Waals surface area contributed by atoms with Crippen LogP contribution in [0.25, 0.3) is 6.08 Å². The first-order valence-corrected chi connectivity index (χ1v) is 7.12. The molecule has 0 unspecified atom stereocenters. The van der Waals surface area contributed by atoms with E-state index in [9.17, 15) is 9.59 Å². The molecule has 0 saturated heterocycles. The Labute approximate surface area is 121 Å². The summed E-state index contributed by atoms with van der Waals surface area (Å²) < 4.78 is 4.97. The smallest absolute Gasteiger partial charge is 0.342 e. The van der Waals surface area contributed by atoms with Crippen LogP contribution in [0.3, 0.4) is 0 Å². The Bertz CT molecular complexity index is 612. The molecule has 0 bridgehead atoms. The first kappa shape index (κ1) is 14.2. The van der Waals surface area contributed by atoms with Crippen LogP contribution in [0, 0.1) is 0 Å². The Morgan fingerprint density at radius 3 is 2.50 bits per heavy atom. The monoisotopic (exact) mass is 286 g/mol. The van der Waals surface area contributed by atoms with Gasteiger partial charge in [0.05, 0.1) is 11.5 Å². The summed E-state index contributed by atoms with van der Waals surface area (Å²) in [7, 11) is 0. The molecule has 0 atom stereocenters. The van der Waals surface area contributed by atoms with Gasteiger partial charge in [0, 0.05) is 0 Å². The highest BCUT2D eigenvalue weighted by Crippen LogP contribution is 2.18. The molecule has 0 amide bonds. The van der Waals surface area contributed by atoms with Crippen LogP contribution in [0.1, 0.15) is 22.2 Å². The molecule has 0 N–H and O–H groups in total. The van der Waals surface area contributed by atoms with Crippen LogP contribution >= 0.6 is 11.3 Å². The van der Waals surface area contributed by atoms with Crippen LogP contribution in [0.2, 0.25) is 0 Å². The van der Waals surface area contributed by atoms with Crippen molar-refractivity contribution in [1.82, 2.24) is 0 Å². The summed E-state index contributed by atoms with van der Waals surface area (Å²) in [6, 6.07) is 12.7. The zero-order valence-electron chi connectivity index (χ0n) is 11.0. The molecule has 0 saturated carbocycles. The molecule has 20 heavy (non-hydrogen) atoms. The summed E-state index contributed by atoms with van der Waals surface area (Å²) in [6.07, 6.45) is 1.57. The minimum atomic E-state index is -0.588. The fraction of sp³-hybridized carbons (Fsp3) is 0.125. The van der Waals surface area contributed by atoms with Crippen molar-refractivity contribution in [3.8, 4) is 0 Å². The molecule has 0 aliphatic rings. The average Bonchev–Trinajstić information content (AvgIpc) is 2.99. The highest BCUT2D eigenvalue weighted by atomic mass is 32.1. The number of carbonyl (C=O) groups is 2. The van der Waals surface area contributed by atoms with Gasteiger partial charge < -0.3 is 4.74 Å². The molecule has 0 aliphatic carbocycles. The zero-order valence-corrected chi connectivity index (χ0v) is 11.9. The summed E-state index contributed by atoms with van der Waals surface area (Å²) in [5.41, 5.74) is 0.848. The quantitative estimate of drug-likeness (QED) is 0.277. The lowest BCUT2D eigenvalue weighted by atomic mass is 10.1. The Morgan fingerprint density at radius 2 is 1.90 bits per heavy atom. The summed E-state index contributed by atoms with van der Waals surface area (Å²) in [6.45, 7) is 1.95. The summed E-state index contributed by atoms with van der Waals surface area (Å²) in [4.78, 5) is 24.9. The number of ketones is 1. The van der Waals surface area contributed by atoms with Gasteiger partial charge in [0.1, 0.15) is 5.57 Å². The Hall–Kier alpha value is -2.20. The molecule has 1 aromatic heterocycles. The number of hydrogen-bond donors (Lipinski definition) is 0. The zero-order chi connectivity index (χ0) is 14.4. The molecule has 1 aromatic carbocycles. The number of benzene rings is 1. The van der Waals surface area contributed by atoms with E-state index in [1.165, 1.54) is 11.3 Å². The van der Waals surface area contributed by atoms with Gasteiger partial charge in [0.25, 0.3) is 0 Å². The maximum Gasteiger partial charge on any atom is 0.342 e. The van der Waals surface area contributed by atoms with E-state index in [0.29, 0.717) is 4.88 Å². The molecule has 2 rings (SSSR count). The van der Waals surface area contributed by atoms with E-state index in [4.69, 9.17) is 4.74 Å². The standard InChI is InChI=1S/C16H14O3S/c1-2-19-16(18)13(11-12-7-4-3-5-8-12)15(17)14-9-6-10-20-14/h3-11H,2H2,1H3/b13-11-. The van der Waals surface area contributed by atoms with Crippen LogP contribution in [0.5, 0.6) is 0 Å². The lowest BCUT2D eigenvalue weighted by Crippen LogP contribution is -2.15.